The van der Waals surface area contributed by atoms with Crippen molar-refractivity contribution in [2.45, 2.75) is 18.2 Å². The highest BCUT2D eigenvalue weighted by molar-refractivity contribution is 7.89. The third-order valence-corrected chi connectivity index (χ3v) is 4.57. The molecule has 1 rings (SSSR count). The summed E-state index contributed by atoms with van der Waals surface area (Å²) in [5, 5.41) is 11.0. The van der Waals surface area contributed by atoms with Crippen molar-refractivity contribution in [3.05, 3.63) is 28.3 Å². The fourth-order valence-corrected chi connectivity index (χ4v) is 3.22. The lowest BCUT2D eigenvalue weighted by Gasteiger charge is -2.19. The number of methoxy groups -OCH3 is 1. The van der Waals surface area contributed by atoms with Gasteiger partial charge in [-0.15, -0.1) is 6.42 Å². The van der Waals surface area contributed by atoms with E-state index < -0.39 is 20.6 Å². The predicted molar refractivity (Wildman–Crippen MR) is 77.5 cm³/mol. The van der Waals surface area contributed by atoms with Crippen LogP contribution in [0.2, 0.25) is 0 Å². The third-order valence-electron chi connectivity index (χ3n) is 2.73. The normalized spacial score (nSPS) is 11.1. The van der Waals surface area contributed by atoms with Gasteiger partial charge in [-0.1, -0.05) is 12.8 Å². The molecule has 0 spiro atoms. The van der Waals surface area contributed by atoms with Crippen molar-refractivity contribution in [3.8, 4) is 18.1 Å². The zero-order valence-corrected chi connectivity index (χ0v) is 12.6. The van der Waals surface area contributed by atoms with Crippen LogP contribution in [0.4, 0.5) is 5.69 Å². The molecule has 0 saturated carbocycles. The van der Waals surface area contributed by atoms with Crippen LogP contribution in [0.15, 0.2) is 23.1 Å². The summed E-state index contributed by atoms with van der Waals surface area (Å²) in [6, 6.07) is 3.50. The summed E-state index contributed by atoms with van der Waals surface area (Å²) in [5.41, 5.74) is -0.407. The summed E-state index contributed by atoms with van der Waals surface area (Å²) in [7, 11) is -2.60. The van der Waals surface area contributed by atoms with Crippen molar-refractivity contribution < 1.29 is 18.1 Å². The molecule has 7 nitrogen and oxygen atoms in total. The number of hydrogen-bond donors (Lipinski definition) is 0. The van der Waals surface area contributed by atoms with E-state index in [0.29, 0.717) is 6.42 Å². The monoisotopic (exact) mass is 312 g/mol. The third kappa shape index (κ3) is 3.71. The Morgan fingerprint density at radius 2 is 2.14 bits per heavy atom. The highest BCUT2D eigenvalue weighted by Crippen LogP contribution is 2.30. The van der Waals surface area contributed by atoms with Gasteiger partial charge in [0.15, 0.2) is 5.75 Å². The summed E-state index contributed by atoms with van der Waals surface area (Å²) in [6.07, 6.45) is 5.76. The molecule has 0 N–H and O–H groups in total. The first kappa shape index (κ1) is 16.9. The van der Waals surface area contributed by atoms with Crippen LogP contribution in [0.1, 0.15) is 13.3 Å². The van der Waals surface area contributed by atoms with E-state index in [1.54, 1.807) is 0 Å². The van der Waals surface area contributed by atoms with Crippen LogP contribution >= 0.6 is 0 Å². The molecule has 114 valence electrons. The minimum Gasteiger partial charge on any atom is -0.490 e. The second-order valence-electron chi connectivity index (χ2n) is 4.13. The van der Waals surface area contributed by atoms with Crippen molar-refractivity contribution in [3.63, 3.8) is 0 Å². The number of ether oxygens (including phenoxy) is 1. The van der Waals surface area contributed by atoms with E-state index in [4.69, 9.17) is 11.2 Å². The van der Waals surface area contributed by atoms with Crippen LogP contribution < -0.4 is 4.74 Å². The minimum atomic E-state index is -3.88. The lowest BCUT2D eigenvalue weighted by Crippen LogP contribution is -2.32. The highest BCUT2D eigenvalue weighted by atomic mass is 32.2. The Kier molecular flexibility index (Phi) is 5.69. The number of nitro groups is 1. The van der Waals surface area contributed by atoms with Crippen LogP contribution in [0.5, 0.6) is 5.75 Å². The SMILES string of the molecule is C#CCN(CCC)S(=O)(=O)c1ccc(OC)c([N+](=O)[O-])c1. The first-order valence-electron chi connectivity index (χ1n) is 6.14. The number of terminal acetylenes is 1. The van der Waals surface area contributed by atoms with E-state index in [-0.39, 0.29) is 23.7 Å². The average molecular weight is 312 g/mol. The molecule has 0 aliphatic carbocycles. The van der Waals surface area contributed by atoms with Gasteiger partial charge in [-0.3, -0.25) is 10.1 Å². The maximum absolute atomic E-state index is 12.5. The molecule has 0 radical (unpaired) electrons. The Hall–Kier alpha value is -2.11. The van der Waals surface area contributed by atoms with Gasteiger partial charge in [0.2, 0.25) is 10.0 Å². The molecule has 0 saturated heterocycles. The smallest absolute Gasteiger partial charge is 0.312 e. The zero-order chi connectivity index (χ0) is 16.0. The standard InChI is InChI=1S/C13H16N2O5S/c1-4-8-14(9-5-2)21(18,19)11-6-7-13(20-3)12(10-11)15(16)17/h1,6-7,10H,5,8-9H2,2-3H3. The molecule has 21 heavy (non-hydrogen) atoms. The number of hydrogen-bond acceptors (Lipinski definition) is 5. The molecular weight excluding hydrogens is 296 g/mol. The second kappa shape index (κ2) is 7.06. The molecule has 1 aromatic carbocycles. The topological polar surface area (TPSA) is 89.8 Å². The lowest BCUT2D eigenvalue weighted by atomic mass is 10.3. The van der Waals surface area contributed by atoms with Crippen LogP contribution in [0.25, 0.3) is 0 Å². The van der Waals surface area contributed by atoms with Crippen LogP contribution in [0.3, 0.4) is 0 Å². The molecule has 1 aromatic rings. The molecule has 0 aromatic heterocycles. The molecule has 0 aliphatic rings. The van der Waals surface area contributed by atoms with Gasteiger partial charge in [-0.05, 0) is 18.6 Å². The summed E-state index contributed by atoms with van der Waals surface area (Å²) in [6.45, 7) is 1.97. The van der Waals surface area contributed by atoms with Gasteiger partial charge >= 0.3 is 5.69 Å². The van der Waals surface area contributed by atoms with E-state index in [0.717, 1.165) is 10.4 Å². The number of nitro benzene ring substituents is 1. The number of nitrogens with zero attached hydrogens (tertiary/aromatic N) is 2. The fraction of sp³-hybridized carbons (Fsp3) is 0.385. The van der Waals surface area contributed by atoms with Crippen LogP contribution in [-0.4, -0.2) is 37.8 Å². The molecular formula is C13H16N2O5S. The van der Waals surface area contributed by atoms with Crippen LogP contribution in [0, 0.1) is 22.5 Å². The zero-order valence-electron chi connectivity index (χ0n) is 11.8. The maximum Gasteiger partial charge on any atom is 0.312 e. The summed E-state index contributed by atoms with van der Waals surface area (Å²) >= 11 is 0. The van der Waals surface area contributed by atoms with E-state index in [1.807, 2.05) is 6.92 Å². The number of benzene rings is 1. The molecule has 8 heteroatoms. The maximum atomic E-state index is 12.5. The van der Waals surface area contributed by atoms with E-state index in [9.17, 15) is 18.5 Å². The summed E-state index contributed by atoms with van der Waals surface area (Å²) in [4.78, 5) is 10.1. The quantitative estimate of drug-likeness (QED) is 0.434. The van der Waals surface area contributed by atoms with Gasteiger partial charge in [0, 0.05) is 12.6 Å². The molecule has 0 bridgehead atoms. The largest absolute Gasteiger partial charge is 0.490 e. The van der Waals surface area contributed by atoms with Gasteiger partial charge < -0.3 is 4.74 Å². The second-order valence-corrected chi connectivity index (χ2v) is 6.07. The average Bonchev–Trinajstić information content (AvgIpc) is 2.46. The van der Waals surface area contributed by atoms with Crippen molar-refractivity contribution in [1.82, 2.24) is 4.31 Å². The lowest BCUT2D eigenvalue weighted by molar-refractivity contribution is -0.386. The van der Waals surface area contributed by atoms with Crippen LogP contribution in [-0.2, 0) is 10.0 Å². The fourth-order valence-electron chi connectivity index (χ4n) is 1.76. The van der Waals surface area contributed by atoms with Crippen molar-refractivity contribution in [1.29, 1.82) is 0 Å². The van der Waals surface area contributed by atoms with Crippen molar-refractivity contribution >= 4 is 15.7 Å². The number of sulfonamides is 1. The highest BCUT2D eigenvalue weighted by Gasteiger charge is 2.26. The van der Waals surface area contributed by atoms with Gasteiger partial charge in [-0.25, -0.2) is 8.42 Å². The molecule has 0 heterocycles. The van der Waals surface area contributed by atoms with Gasteiger partial charge in [0.25, 0.3) is 0 Å². The Labute approximate surface area is 123 Å². The molecule has 0 aliphatic heterocycles. The Bertz CT molecular complexity index is 664. The minimum absolute atomic E-state index is 0.00191. The predicted octanol–water partition coefficient (Wildman–Crippen LogP) is 1.64. The van der Waals surface area contributed by atoms with Crippen molar-refractivity contribution in [2.75, 3.05) is 20.2 Å². The molecule has 0 fully saturated rings. The van der Waals surface area contributed by atoms with Gasteiger partial charge in [0.05, 0.1) is 23.5 Å². The summed E-state index contributed by atoms with van der Waals surface area (Å²) in [5.74, 6) is 2.27. The van der Waals surface area contributed by atoms with E-state index in [1.165, 1.54) is 19.2 Å². The molecule has 0 unspecified atom stereocenters. The Morgan fingerprint density at radius 3 is 2.62 bits per heavy atom. The Morgan fingerprint density at radius 1 is 1.48 bits per heavy atom. The first-order valence-corrected chi connectivity index (χ1v) is 7.58. The van der Waals surface area contributed by atoms with E-state index >= 15 is 0 Å². The Balaban J connectivity index is 3.34. The summed E-state index contributed by atoms with van der Waals surface area (Å²) < 4.78 is 30.9. The first-order chi connectivity index (χ1) is 9.88. The molecule has 0 atom stereocenters. The number of rotatable bonds is 7. The van der Waals surface area contributed by atoms with E-state index in [2.05, 4.69) is 5.92 Å². The molecule has 0 amide bonds. The van der Waals surface area contributed by atoms with Gasteiger partial charge in [0.1, 0.15) is 0 Å². The van der Waals surface area contributed by atoms with Gasteiger partial charge in [-0.2, -0.15) is 4.31 Å². The van der Waals surface area contributed by atoms with Crippen molar-refractivity contribution in [2.24, 2.45) is 0 Å².